The van der Waals surface area contributed by atoms with Crippen LogP contribution in [0.5, 0.6) is 0 Å². The van der Waals surface area contributed by atoms with Crippen LogP contribution < -0.4 is 17.2 Å². The number of carbonyl (C=O) groups is 2. The minimum Gasteiger partial charge on any atom is -0.446 e. The molecule has 6 nitrogen and oxygen atoms in total. The number of carbonyl (C=O) groups excluding carboxylic acids is 2. The molecular formula is C6H13N3O3. The molecule has 0 rings (SSSR count). The molecule has 0 spiro atoms. The van der Waals surface area contributed by atoms with Crippen molar-refractivity contribution in [2.24, 2.45) is 17.2 Å². The lowest BCUT2D eigenvalue weighted by molar-refractivity contribution is -0.150. The van der Waals surface area contributed by atoms with E-state index in [1.165, 1.54) is 6.92 Å². The van der Waals surface area contributed by atoms with E-state index in [0.29, 0.717) is 0 Å². The molecule has 0 aliphatic carbocycles. The molecule has 12 heavy (non-hydrogen) atoms. The van der Waals surface area contributed by atoms with Crippen molar-refractivity contribution in [3.63, 3.8) is 0 Å². The molecule has 0 saturated heterocycles. The van der Waals surface area contributed by atoms with E-state index < -0.39 is 24.1 Å². The molecule has 0 radical (unpaired) electrons. The van der Waals surface area contributed by atoms with Gasteiger partial charge in [0.15, 0.2) is 0 Å². The van der Waals surface area contributed by atoms with Crippen LogP contribution in [0.15, 0.2) is 0 Å². The van der Waals surface area contributed by atoms with Crippen LogP contribution >= 0.6 is 0 Å². The molecule has 0 heterocycles. The highest BCUT2D eigenvalue weighted by atomic mass is 16.6. The van der Waals surface area contributed by atoms with Gasteiger partial charge in [-0.15, -0.1) is 0 Å². The van der Waals surface area contributed by atoms with Gasteiger partial charge in [0.2, 0.25) is 5.91 Å². The Morgan fingerprint density at radius 2 is 1.92 bits per heavy atom. The van der Waals surface area contributed by atoms with Crippen molar-refractivity contribution < 1.29 is 14.3 Å². The van der Waals surface area contributed by atoms with Crippen LogP contribution in [0, 0.1) is 0 Å². The summed E-state index contributed by atoms with van der Waals surface area (Å²) in [7, 11) is 0. The fraction of sp³-hybridized carbons (Fsp3) is 0.667. The maximum absolute atomic E-state index is 10.9. The summed E-state index contributed by atoms with van der Waals surface area (Å²) >= 11 is 0. The van der Waals surface area contributed by atoms with Crippen LogP contribution in [0.1, 0.15) is 13.3 Å². The number of hydrogen-bond acceptors (Lipinski definition) is 5. The Bertz CT molecular complexity index is 181. The van der Waals surface area contributed by atoms with Gasteiger partial charge < -0.3 is 16.2 Å². The maximum Gasteiger partial charge on any atom is 0.324 e. The quantitative estimate of drug-likeness (QED) is 0.338. The molecule has 0 aliphatic heterocycles. The van der Waals surface area contributed by atoms with Crippen molar-refractivity contribution in [3.05, 3.63) is 0 Å². The number of amides is 1. The lowest BCUT2D eigenvalue weighted by atomic mass is 10.2. The summed E-state index contributed by atoms with van der Waals surface area (Å²) in [5, 5.41) is 0. The van der Waals surface area contributed by atoms with E-state index >= 15 is 0 Å². The number of hydrogen-bond donors (Lipinski definition) is 3. The largest absolute Gasteiger partial charge is 0.446 e. The van der Waals surface area contributed by atoms with Gasteiger partial charge in [0.25, 0.3) is 0 Å². The third-order valence-corrected chi connectivity index (χ3v) is 1.03. The van der Waals surface area contributed by atoms with E-state index in [-0.39, 0.29) is 6.42 Å². The van der Waals surface area contributed by atoms with Crippen LogP contribution in [0.2, 0.25) is 0 Å². The molecule has 0 bridgehead atoms. The Kier molecular flexibility index (Phi) is 4.24. The molecule has 1 amide bonds. The Labute approximate surface area is 70.0 Å². The second kappa shape index (κ2) is 4.68. The van der Waals surface area contributed by atoms with Crippen LogP contribution in [-0.2, 0) is 14.3 Å². The zero-order valence-electron chi connectivity index (χ0n) is 6.82. The van der Waals surface area contributed by atoms with Gasteiger partial charge in [0.05, 0.1) is 6.42 Å². The summed E-state index contributed by atoms with van der Waals surface area (Å²) < 4.78 is 4.52. The van der Waals surface area contributed by atoms with Crippen LogP contribution in [0.4, 0.5) is 0 Å². The van der Waals surface area contributed by atoms with Crippen LogP contribution in [-0.4, -0.2) is 24.1 Å². The molecule has 0 saturated carbocycles. The fourth-order valence-electron chi connectivity index (χ4n) is 0.571. The van der Waals surface area contributed by atoms with Gasteiger partial charge in [-0.3, -0.25) is 15.3 Å². The van der Waals surface area contributed by atoms with Gasteiger partial charge >= 0.3 is 5.97 Å². The molecular weight excluding hydrogens is 162 g/mol. The molecule has 0 fully saturated rings. The van der Waals surface area contributed by atoms with Gasteiger partial charge in [0.1, 0.15) is 12.3 Å². The molecule has 2 atom stereocenters. The average Bonchev–Trinajstić information content (AvgIpc) is 1.84. The highest BCUT2D eigenvalue weighted by Gasteiger charge is 2.18. The molecule has 1 unspecified atom stereocenters. The third-order valence-electron chi connectivity index (χ3n) is 1.03. The number of esters is 1. The smallest absolute Gasteiger partial charge is 0.324 e. The van der Waals surface area contributed by atoms with Gasteiger partial charge in [0, 0.05) is 0 Å². The summed E-state index contributed by atoms with van der Waals surface area (Å²) in [6.07, 6.45) is -0.956. The van der Waals surface area contributed by atoms with E-state index in [4.69, 9.17) is 17.2 Å². The van der Waals surface area contributed by atoms with Crippen LogP contribution in [0.25, 0.3) is 0 Å². The topological polar surface area (TPSA) is 121 Å². The number of ether oxygens (including phenoxy) is 1. The van der Waals surface area contributed by atoms with Gasteiger partial charge in [-0.1, -0.05) is 0 Å². The Balaban J connectivity index is 3.85. The highest BCUT2D eigenvalue weighted by Crippen LogP contribution is 1.92. The molecule has 0 aliphatic rings. The predicted molar refractivity (Wildman–Crippen MR) is 41.5 cm³/mol. The van der Waals surface area contributed by atoms with Crippen molar-refractivity contribution in [1.82, 2.24) is 0 Å². The van der Waals surface area contributed by atoms with E-state index in [1.807, 2.05) is 0 Å². The zero-order valence-corrected chi connectivity index (χ0v) is 6.82. The number of nitrogens with two attached hydrogens (primary N) is 3. The first kappa shape index (κ1) is 10.9. The van der Waals surface area contributed by atoms with Crippen molar-refractivity contribution in [2.75, 3.05) is 0 Å². The lowest BCUT2D eigenvalue weighted by Crippen LogP contribution is -2.39. The average molecular weight is 175 g/mol. The van der Waals surface area contributed by atoms with Gasteiger partial charge in [-0.25, -0.2) is 0 Å². The van der Waals surface area contributed by atoms with Crippen molar-refractivity contribution in [1.29, 1.82) is 0 Å². The lowest BCUT2D eigenvalue weighted by Gasteiger charge is -2.11. The molecule has 0 aromatic rings. The minimum absolute atomic E-state index is 0.231. The summed E-state index contributed by atoms with van der Waals surface area (Å²) in [6.45, 7) is 1.48. The standard InChI is InChI=1S/C6H13N3O3/c1-3(7)12-6(11)4(8)2-5(9)10/h3-4H,2,7-8H2,1H3,(H2,9,10)/t3?,4-/m0/s1. The van der Waals surface area contributed by atoms with Crippen molar-refractivity contribution in [3.8, 4) is 0 Å². The normalized spacial score (nSPS) is 14.9. The summed E-state index contributed by atoms with van der Waals surface area (Å²) in [5.74, 6) is -1.37. The summed E-state index contributed by atoms with van der Waals surface area (Å²) in [5.41, 5.74) is 15.2. The molecule has 0 aromatic carbocycles. The summed E-state index contributed by atoms with van der Waals surface area (Å²) in [6, 6.07) is -1.02. The number of rotatable bonds is 4. The second-order valence-corrected chi connectivity index (χ2v) is 2.42. The third kappa shape index (κ3) is 4.64. The first-order valence-corrected chi connectivity index (χ1v) is 3.43. The first-order chi connectivity index (χ1) is 5.43. The molecule has 6 N–H and O–H groups in total. The van der Waals surface area contributed by atoms with E-state index in [9.17, 15) is 9.59 Å². The SMILES string of the molecule is CC(N)OC(=O)[C@@H](N)CC(N)=O. The van der Waals surface area contributed by atoms with E-state index in [0.717, 1.165) is 0 Å². The predicted octanol–water partition coefficient (Wildman–Crippen LogP) is -1.96. The van der Waals surface area contributed by atoms with Crippen molar-refractivity contribution in [2.45, 2.75) is 25.6 Å². The fourth-order valence-corrected chi connectivity index (χ4v) is 0.571. The van der Waals surface area contributed by atoms with Crippen molar-refractivity contribution >= 4 is 11.9 Å². The van der Waals surface area contributed by atoms with E-state index in [2.05, 4.69) is 4.74 Å². The zero-order chi connectivity index (χ0) is 9.72. The Morgan fingerprint density at radius 3 is 2.25 bits per heavy atom. The molecule has 0 aromatic heterocycles. The Morgan fingerprint density at radius 1 is 1.42 bits per heavy atom. The molecule has 70 valence electrons. The monoisotopic (exact) mass is 175 g/mol. The number of primary amides is 1. The summed E-state index contributed by atoms with van der Waals surface area (Å²) in [4.78, 5) is 21.2. The molecule has 6 heteroatoms. The second-order valence-electron chi connectivity index (χ2n) is 2.42. The Hall–Kier alpha value is -1.14. The van der Waals surface area contributed by atoms with Crippen LogP contribution in [0.3, 0.4) is 0 Å². The van der Waals surface area contributed by atoms with Gasteiger partial charge in [-0.2, -0.15) is 0 Å². The van der Waals surface area contributed by atoms with E-state index in [1.54, 1.807) is 0 Å². The minimum atomic E-state index is -1.02. The first-order valence-electron chi connectivity index (χ1n) is 3.43. The van der Waals surface area contributed by atoms with Gasteiger partial charge in [-0.05, 0) is 6.92 Å². The highest BCUT2D eigenvalue weighted by molar-refractivity contribution is 5.84. The maximum atomic E-state index is 10.9.